The van der Waals surface area contributed by atoms with Crippen LogP contribution >= 0.6 is 0 Å². The van der Waals surface area contributed by atoms with E-state index < -0.39 is 0 Å². The first-order valence-electron chi connectivity index (χ1n) is 6.39. The molecule has 0 aromatic carbocycles. The summed E-state index contributed by atoms with van der Waals surface area (Å²) in [6.07, 6.45) is 5.03. The van der Waals surface area contributed by atoms with Gasteiger partial charge in [0.05, 0.1) is 0 Å². The molecule has 1 heterocycles. The van der Waals surface area contributed by atoms with Crippen molar-refractivity contribution in [2.75, 3.05) is 5.73 Å². The molecule has 2 atom stereocenters. The lowest BCUT2D eigenvalue weighted by Gasteiger charge is -2.11. The Labute approximate surface area is 96.4 Å². The smallest absolute Gasteiger partial charge is 0.170 e. The Morgan fingerprint density at radius 1 is 1.31 bits per heavy atom. The van der Waals surface area contributed by atoms with Gasteiger partial charge in [-0.2, -0.15) is 0 Å². The van der Waals surface area contributed by atoms with E-state index in [-0.39, 0.29) is 0 Å². The van der Waals surface area contributed by atoms with E-state index in [0.29, 0.717) is 17.7 Å². The van der Waals surface area contributed by atoms with Crippen molar-refractivity contribution in [2.24, 2.45) is 17.8 Å². The summed E-state index contributed by atoms with van der Waals surface area (Å²) >= 11 is 0. The maximum absolute atomic E-state index is 5.90. The first kappa shape index (κ1) is 10.2. The van der Waals surface area contributed by atoms with Gasteiger partial charge in [0.15, 0.2) is 5.82 Å². The number of nitrogens with zero attached hydrogens (tertiary/aromatic N) is 1. The number of aromatic nitrogens is 1. The minimum Gasteiger partial charge on any atom is -0.381 e. The molecule has 1 aromatic rings. The number of nitrogens with two attached hydrogens (primary N) is 1. The van der Waals surface area contributed by atoms with Gasteiger partial charge in [0.25, 0.3) is 0 Å². The predicted octanol–water partition coefficient (Wildman–Crippen LogP) is 2.97. The number of hydrogen-bond donors (Lipinski definition) is 1. The van der Waals surface area contributed by atoms with Crippen molar-refractivity contribution in [3.05, 3.63) is 11.3 Å². The Balaban J connectivity index is 1.83. The fourth-order valence-corrected chi connectivity index (χ4v) is 3.20. The summed E-state index contributed by atoms with van der Waals surface area (Å²) in [5.41, 5.74) is 7.08. The lowest BCUT2D eigenvalue weighted by Crippen LogP contribution is -2.03. The van der Waals surface area contributed by atoms with E-state index in [1.165, 1.54) is 24.8 Å². The topological polar surface area (TPSA) is 52.0 Å². The molecule has 2 unspecified atom stereocenters. The van der Waals surface area contributed by atoms with Crippen LogP contribution in [0.1, 0.15) is 50.4 Å². The van der Waals surface area contributed by atoms with Crippen molar-refractivity contribution < 1.29 is 4.52 Å². The van der Waals surface area contributed by atoms with Crippen molar-refractivity contribution in [2.45, 2.75) is 45.4 Å². The summed E-state index contributed by atoms with van der Waals surface area (Å²) in [7, 11) is 0. The molecular formula is C13H20N2O. The molecular weight excluding hydrogens is 200 g/mol. The third kappa shape index (κ3) is 1.62. The van der Waals surface area contributed by atoms with E-state index in [9.17, 15) is 0 Å². The van der Waals surface area contributed by atoms with Crippen LogP contribution in [0.25, 0.3) is 0 Å². The fraction of sp³-hybridized carbons (Fsp3) is 0.769. The Bertz CT molecular complexity index is 387. The average Bonchev–Trinajstić information content (AvgIpc) is 2.66. The highest BCUT2D eigenvalue weighted by Crippen LogP contribution is 2.58. The van der Waals surface area contributed by atoms with Gasteiger partial charge >= 0.3 is 0 Å². The summed E-state index contributed by atoms with van der Waals surface area (Å²) < 4.78 is 5.47. The van der Waals surface area contributed by atoms with E-state index in [4.69, 9.17) is 10.3 Å². The van der Waals surface area contributed by atoms with Crippen LogP contribution in [0.5, 0.6) is 0 Å². The standard InChI is InChI=1S/C13H20N2O/c1-7(2)3-11-12(16-15-13(11)14)10-5-8-4-9(8)6-10/h7-10H,3-6H2,1-2H3,(H2,14,15). The first-order chi connectivity index (χ1) is 7.65. The van der Waals surface area contributed by atoms with Gasteiger partial charge in [-0.3, -0.25) is 0 Å². The van der Waals surface area contributed by atoms with Gasteiger partial charge in [-0.15, -0.1) is 0 Å². The molecule has 88 valence electrons. The van der Waals surface area contributed by atoms with Crippen LogP contribution in [0.15, 0.2) is 4.52 Å². The van der Waals surface area contributed by atoms with Gasteiger partial charge < -0.3 is 10.3 Å². The Kier molecular flexibility index (Phi) is 2.23. The van der Waals surface area contributed by atoms with E-state index in [0.717, 1.165) is 24.0 Å². The maximum Gasteiger partial charge on any atom is 0.170 e. The molecule has 3 nitrogen and oxygen atoms in total. The van der Waals surface area contributed by atoms with Gasteiger partial charge in [-0.25, -0.2) is 0 Å². The number of hydrogen-bond acceptors (Lipinski definition) is 3. The van der Waals surface area contributed by atoms with Crippen molar-refractivity contribution in [1.82, 2.24) is 5.16 Å². The summed E-state index contributed by atoms with van der Waals surface area (Å²) in [4.78, 5) is 0. The second kappa shape index (κ2) is 3.51. The fourth-order valence-electron chi connectivity index (χ4n) is 3.20. The molecule has 1 aromatic heterocycles. The second-order valence-electron chi connectivity index (χ2n) is 5.93. The largest absolute Gasteiger partial charge is 0.381 e. The third-order valence-corrected chi connectivity index (χ3v) is 4.08. The number of fused-ring (bicyclic) bond motifs is 1. The molecule has 0 saturated heterocycles. The zero-order valence-corrected chi connectivity index (χ0v) is 10.1. The summed E-state index contributed by atoms with van der Waals surface area (Å²) in [5, 5.41) is 3.96. The molecule has 3 rings (SSSR count). The van der Waals surface area contributed by atoms with Crippen LogP contribution in [-0.2, 0) is 6.42 Å². The molecule has 2 saturated carbocycles. The van der Waals surface area contributed by atoms with Crippen LogP contribution in [0.2, 0.25) is 0 Å². The van der Waals surface area contributed by atoms with Crippen LogP contribution in [0.4, 0.5) is 5.82 Å². The van der Waals surface area contributed by atoms with Crippen molar-refractivity contribution in [3.63, 3.8) is 0 Å². The Morgan fingerprint density at radius 2 is 2.00 bits per heavy atom. The van der Waals surface area contributed by atoms with Crippen LogP contribution in [0.3, 0.4) is 0 Å². The predicted molar refractivity (Wildman–Crippen MR) is 63.0 cm³/mol. The highest BCUT2D eigenvalue weighted by Gasteiger charge is 2.47. The lowest BCUT2D eigenvalue weighted by molar-refractivity contribution is 0.351. The molecule has 0 spiro atoms. The minimum absolute atomic E-state index is 0.599. The van der Waals surface area contributed by atoms with E-state index in [2.05, 4.69) is 19.0 Å². The molecule has 0 radical (unpaired) electrons. The van der Waals surface area contributed by atoms with Gasteiger partial charge in [-0.1, -0.05) is 19.0 Å². The number of rotatable bonds is 3. The molecule has 0 bridgehead atoms. The monoisotopic (exact) mass is 220 g/mol. The summed E-state index contributed by atoms with van der Waals surface area (Å²) in [5.74, 6) is 4.87. The highest BCUT2D eigenvalue weighted by molar-refractivity contribution is 5.42. The average molecular weight is 220 g/mol. The lowest BCUT2D eigenvalue weighted by atomic mass is 9.93. The normalized spacial score (nSPS) is 32.1. The maximum atomic E-state index is 5.90. The van der Waals surface area contributed by atoms with Gasteiger partial charge in [0, 0.05) is 11.5 Å². The van der Waals surface area contributed by atoms with Crippen molar-refractivity contribution >= 4 is 5.82 Å². The zero-order valence-electron chi connectivity index (χ0n) is 10.1. The number of anilines is 1. The van der Waals surface area contributed by atoms with Gasteiger partial charge in [0.1, 0.15) is 5.76 Å². The van der Waals surface area contributed by atoms with Crippen LogP contribution in [0, 0.1) is 17.8 Å². The molecule has 2 aliphatic rings. The molecule has 0 amide bonds. The molecule has 0 aliphatic heterocycles. The van der Waals surface area contributed by atoms with Crippen molar-refractivity contribution in [1.29, 1.82) is 0 Å². The molecule has 3 heteroatoms. The third-order valence-electron chi connectivity index (χ3n) is 4.08. The van der Waals surface area contributed by atoms with Gasteiger partial charge in [-0.05, 0) is 43.4 Å². The Morgan fingerprint density at radius 3 is 2.62 bits per heavy atom. The summed E-state index contributed by atoms with van der Waals surface area (Å²) in [6.45, 7) is 4.42. The molecule has 2 N–H and O–H groups in total. The van der Waals surface area contributed by atoms with Crippen LogP contribution < -0.4 is 5.73 Å². The van der Waals surface area contributed by atoms with Gasteiger partial charge in [0.2, 0.25) is 0 Å². The number of nitrogen functional groups attached to an aromatic ring is 1. The van der Waals surface area contributed by atoms with Crippen LogP contribution in [-0.4, -0.2) is 5.16 Å². The molecule has 2 aliphatic carbocycles. The SMILES string of the molecule is CC(C)Cc1c(N)noc1C1CC2CC2C1. The van der Waals surface area contributed by atoms with E-state index in [1.807, 2.05) is 0 Å². The van der Waals surface area contributed by atoms with Crippen molar-refractivity contribution in [3.8, 4) is 0 Å². The first-order valence-corrected chi connectivity index (χ1v) is 6.39. The second-order valence-corrected chi connectivity index (χ2v) is 5.93. The summed E-state index contributed by atoms with van der Waals surface area (Å²) in [6, 6.07) is 0. The molecule has 16 heavy (non-hydrogen) atoms. The molecule has 2 fully saturated rings. The highest BCUT2D eigenvalue weighted by atomic mass is 16.5. The quantitative estimate of drug-likeness (QED) is 0.852. The van der Waals surface area contributed by atoms with E-state index >= 15 is 0 Å². The Hall–Kier alpha value is -0.990. The zero-order chi connectivity index (χ0) is 11.3. The van der Waals surface area contributed by atoms with E-state index in [1.54, 1.807) is 0 Å². The minimum atomic E-state index is 0.599.